The van der Waals surface area contributed by atoms with Crippen molar-refractivity contribution >= 4 is 5.84 Å². The number of hydrogen-bond donors (Lipinski definition) is 2. The Labute approximate surface area is 78.6 Å². The number of rotatable bonds is 3. The van der Waals surface area contributed by atoms with Gasteiger partial charge < -0.3 is 15.7 Å². The minimum Gasteiger partial charge on any atom is -0.435 e. The third-order valence-electron chi connectivity index (χ3n) is 1.48. The van der Waals surface area contributed by atoms with Crippen LogP contribution < -0.4 is 10.5 Å². The highest BCUT2D eigenvalue weighted by atomic mass is 19.3. The van der Waals surface area contributed by atoms with Crippen molar-refractivity contribution in [3.05, 3.63) is 29.8 Å². The summed E-state index contributed by atoms with van der Waals surface area (Å²) in [6.07, 6.45) is 0. The van der Waals surface area contributed by atoms with Gasteiger partial charge in [-0.1, -0.05) is 5.16 Å². The van der Waals surface area contributed by atoms with Gasteiger partial charge in [0.15, 0.2) is 5.84 Å². The molecule has 3 N–H and O–H groups in total. The fraction of sp³-hybridized carbons (Fsp3) is 0.125. The predicted molar refractivity (Wildman–Crippen MR) is 45.6 cm³/mol. The molecule has 0 aliphatic rings. The van der Waals surface area contributed by atoms with E-state index >= 15 is 0 Å². The van der Waals surface area contributed by atoms with E-state index in [1.807, 2.05) is 0 Å². The second-order valence-corrected chi connectivity index (χ2v) is 2.39. The Hall–Kier alpha value is -1.85. The van der Waals surface area contributed by atoms with Gasteiger partial charge in [0.2, 0.25) is 0 Å². The molecule has 0 unspecified atom stereocenters. The average Bonchev–Trinajstić information content (AvgIpc) is 2.17. The van der Waals surface area contributed by atoms with Gasteiger partial charge in [-0.05, 0) is 24.3 Å². The highest BCUT2D eigenvalue weighted by Crippen LogP contribution is 2.14. The van der Waals surface area contributed by atoms with Gasteiger partial charge in [0, 0.05) is 5.56 Å². The molecule has 76 valence electrons. The Morgan fingerprint density at radius 2 is 1.93 bits per heavy atom. The fourth-order valence-electron chi connectivity index (χ4n) is 0.865. The van der Waals surface area contributed by atoms with Crippen molar-refractivity contribution < 1.29 is 18.7 Å². The van der Waals surface area contributed by atoms with Crippen LogP contribution in [0.1, 0.15) is 5.56 Å². The number of nitrogens with two attached hydrogens (primary N) is 1. The van der Waals surface area contributed by atoms with E-state index in [0.29, 0.717) is 5.56 Å². The molecular weight excluding hydrogens is 194 g/mol. The SMILES string of the molecule is NC(=NO)c1ccc(OC(F)F)cc1. The molecule has 0 saturated carbocycles. The van der Waals surface area contributed by atoms with Crippen LogP contribution in [0, 0.1) is 0 Å². The van der Waals surface area contributed by atoms with Crippen molar-refractivity contribution in [3.63, 3.8) is 0 Å². The first-order chi connectivity index (χ1) is 6.63. The first kappa shape index (κ1) is 10.2. The van der Waals surface area contributed by atoms with Crippen LogP contribution >= 0.6 is 0 Å². The quantitative estimate of drug-likeness (QED) is 0.337. The number of hydrogen-bond acceptors (Lipinski definition) is 3. The summed E-state index contributed by atoms with van der Waals surface area (Å²) >= 11 is 0. The number of nitrogens with zero attached hydrogens (tertiary/aromatic N) is 1. The Morgan fingerprint density at radius 3 is 2.36 bits per heavy atom. The number of ether oxygens (including phenoxy) is 1. The lowest BCUT2D eigenvalue weighted by Gasteiger charge is -2.04. The maximum atomic E-state index is 11.7. The largest absolute Gasteiger partial charge is 0.435 e. The number of benzene rings is 1. The normalized spacial score (nSPS) is 11.8. The van der Waals surface area contributed by atoms with Gasteiger partial charge in [-0.3, -0.25) is 0 Å². The average molecular weight is 202 g/mol. The Kier molecular flexibility index (Phi) is 3.22. The number of halogens is 2. The summed E-state index contributed by atoms with van der Waals surface area (Å²) in [5, 5.41) is 11.1. The molecule has 1 aromatic carbocycles. The van der Waals surface area contributed by atoms with Crippen LogP contribution in [0.4, 0.5) is 8.78 Å². The minimum atomic E-state index is -2.86. The molecule has 0 heterocycles. The van der Waals surface area contributed by atoms with E-state index < -0.39 is 6.61 Å². The molecule has 14 heavy (non-hydrogen) atoms. The summed E-state index contributed by atoms with van der Waals surface area (Å²) in [5.74, 6) is -0.0666. The van der Waals surface area contributed by atoms with Gasteiger partial charge in [-0.25, -0.2) is 0 Å². The van der Waals surface area contributed by atoms with Gasteiger partial charge in [0.25, 0.3) is 0 Å². The first-order valence-corrected chi connectivity index (χ1v) is 3.66. The molecule has 1 rings (SSSR count). The lowest BCUT2D eigenvalue weighted by molar-refractivity contribution is -0.0498. The summed E-state index contributed by atoms with van der Waals surface area (Å²) in [6.45, 7) is -2.86. The van der Waals surface area contributed by atoms with Gasteiger partial charge in [0.1, 0.15) is 5.75 Å². The Bertz CT molecular complexity index is 325. The Morgan fingerprint density at radius 1 is 1.36 bits per heavy atom. The lowest BCUT2D eigenvalue weighted by Crippen LogP contribution is -2.12. The molecule has 4 nitrogen and oxygen atoms in total. The molecule has 0 aliphatic carbocycles. The zero-order chi connectivity index (χ0) is 10.6. The topological polar surface area (TPSA) is 67.8 Å². The number of alkyl halides is 2. The third-order valence-corrected chi connectivity index (χ3v) is 1.48. The maximum absolute atomic E-state index is 11.7. The zero-order valence-corrected chi connectivity index (χ0v) is 7.02. The summed E-state index contributed by atoms with van der Waals surface area (Å²) in [4.78, 5) is 0. The van der Waals surface area contributed by atoms with Gasteiger partial charge in [0.05, 0.1) is 0 Å². The van der Waals surface area contributed by atoms with Crippen molar-refractivity contribution in [3.8, 4) is 5.75 Å². The van der Waals surface area contributed by atoms with Gasteiger partial charge in [-0.2, -0.15) is 8.78 Å². The van der Waals surface area contributed by atoms with E-state index in [2.05, 4.69) is 9.89 Å². The smallest absolute Gasteiger partial charge is 0.387 e. The van der Waals surface area contributed by atoms with Crippen LogP contribution in [-0.4, -0.2) is 17.7 Å². The van der Waals surface area contributed by atoms with E-state index in [0.717, 1.165) is 0 Å². The molecule has 0 spiro atoms. The fourth-order valence-corrected chi connectivity index (χ4v) is 0.865. The lowest BCUT2D eigenvalue weighted by atomic mass is 10.2. The van der Waals surface area contributed by atoms with Crippen LogP contribution in [0.25, 0.3) is 0 Å². The molecule has 0 amide bonds. The molecule has 0 fully saturated rings. The monoisotopic (exact) mass is 202 g/mol. The van der Waals surface area contributed by atoms with Crippen LogP contribution in [0.5, 0.6) is 5.75 Å². The summed E-state index contributed by atoms with van der Waals surface area (Å²) in [6, 6.07) is 5.43. The van der Waals surface area contributed by atoms with Crippen LogP contribution in [0.2, 0.25) is 0 Å². The first-order valence-electron chi connectivity index (χ1n) is 3.66. The maximum Gasteiger partial charge on any atom is 0.387 e. The molecular formula is C8H8F2N2O2. The van der Waals surface area contributed by atoms with Crippen LogP contribution in [0.15, 0.2) is 29.4 Å². The van der Waals surface area contributed by atoms with E-state index in [1.165, 1.54) is 24.3 Å². The molecule has 1 aromatic rings. The third kappa shape index (κ3) is 2.58. The summed E-state index contributed by atoms with van der Waals surface area (Å²) < 4.78 is 27.6. The second-order valence-electron chi connectivity index (χ2n) is 2.39. The van der Waals surface area contributed by atoms with Crippen molar-refractivity contribution in [2.24, 2.45) is 10.9 Å². The molecule has 0 aromatic heterocycles. The van der Waals surface area contributed by atoms with Crippen molar-refractivity contribution in [2.45, 2.75) is 6.61 Å². The highest BCUT2D eigenvalue weighted by molar-refractivity contribution is 5.97. The second kappa shape index (κ2) is 4.40. The van der Waals surface area contributed by atoms with Gasteiger partial charge in [-0.15, -0.1) is 0 Å². The molecule has 6 heteroatoms. The zero-order valence-electron chi connectivity index (χ0n) is 7.02. The molecule has 0 atom stereocenters. The van der Waals surface area contributed by atoms with Crippen LogP contribution in [0.3, 0.4) is 0 Å². The molecule has 0 bridgehead atoms. The minimum absolute atomic E-state index is 0.0227. The number of oxime groups is 1. The number of amidine groups is 1. The highest BCUT2D eigenvalue weighted by Gasteiger charge is 2.04. The van der Waals surface area contributed by atoms with Gasteiger partial charge >= 0.3 is 6.61 Å². The van der Waals surface area contributed by atoms with Crippen molar-refractivity contribution in [1.82, 2.24) is 0 Å². The van der Waals surface area contributed by atoms with Crippen molar-refractivity contribution in [1.29, 1.82) is 0 Å². The van der Waals surface area contributed by atoms with E-state index in [4.69, 9.17) is 10.9 Å². The molecule has 0 saturated heterocycles. The molecule has 0 radical (unpaired) electrons. The van der Waals surface area contributed by atoms with E-state index in [1.54, 1.807) is 0 Å². The van der Waals surface area contributed by atoms with E-state index in [9.17, 15) is 8.78 Å². The predicted octanol–water partition coefficient (Wildman–Crippen LogP) is 1.38. The Balaban J connectivity index is 2.78. The molecule has 0 aliphatic heterocycles. The summed E-state index contributed by atoms with van der Waals surface area (Å²) in [5.41, 5.74) is 5.68. The van der Waals surface area contributed by atoms with E-state index in [-0.39, 0.29) is 11.6 Å². The standard InChI is InChI=1S/C8H8F2N2O2/c9-8(10)14-6-3-1-5(2-4-6)7(11)12-13/h1-4,8,13H,(H2,11,12). The van der Waals surface area contributed by atoms with Crippen LogP contribution in [-0.2, 0) is 0 Å². The summed E-state index contributed by atoms with van der Waals surface area (Å²) in [7, 11) is 0. The van der Waals surface area contributed by atoms with Crippen molar-refractivity contribution in [2.75, 3.05) is 0 Å².